The lowest BCUT2D eigenvalue weighted by molar-refractivity contribution is -0.119. The number of aryl methyl sites for hydroxylation is 1. The van der Waals surface area contributed by atoms with Gasteiger partial charge in [-0.2, -0.15) is 0 Å². The van der Waals surface area contributed by atoms with Gasteiger partial charge in [0, 0.05) is 4.88 Å². The Morgan fingerprint density at radius 3 is 2.96 bits per heavy atom. The van der Waals surface area contributed by atoms with Crippen molar-refractivity contribution in [3.8, 4) is 5.75 Å². The number of amides is 1. The van der Waals surface area contributed by atoms with Crippen LogP contribution in [0.3, 0.4) is 0 Å². The van der Waals surface area contributed by atoms with Crippen molar-refractivity contribution in [3.05, 3.63) is 57.5 Å². The smallest absolute Gasteiger partial charge is 0.262 e. The summed E-state index contributed by atoms with van der Waals surface area (Å²) in [6.45, 7) is 2.26. The molecule has 2 heterocycles. The minimum atomic E-state index is -0.532. The van der Waals surface area contributed by atoms with Crippen molar-refractivity contribution in [1.82, 2.24) is 9.55 Å². The van der Waals surface area contributed by atoms with Gasteiger partial charge in [-0.15, -0.1) is 11.3 Å². The maximum Gasteiger partial charge on any atom is 0.262 e. The monoisotopic (exact) mass is 343 g/mol. The molecule has 0 bridgehead atoms. The zero-order valence-electron chi connectivity index (χ0n) is 13.2. The molecule has 1 aromatic carbocycles. The van der Waals surface area contributed by atoms with Crippen molar-refractivity contribution in [2.45, 2.75) is 19.9 Å². The largest absolute Gasteiger partial charge is 0.484 e. The lowest BCUT2D eigenvalue weighted by atomic mass is 10.2. The number of benzene rings is 1. The zero-order valence-corrected chi connectivity index (χ0v) is 14.0. The van der Waals surface area contributed by atoms with Gasteiger partial charge < -0.3 is 10.5 Å². The van der Waals surface area contributed by atoms with E-state index in [2.05, 4.69) is 11.9 Å². The zero-order chi connectivity index (χ0) is 17.1. The summed E-state index contributed by atoms with van der Waals surface area (Å²) in [5.41, 5.74) is 5.90. The number of carbonyl (C=O) groups is 1. The molecule has 0 saturated carbocycles. The lowest BCUT2D eigenvalue weighted by Crippen LogP contribution is -2.21. The van der Waals surface area contributed by atoms with E-state index >= 15 is 0 Å². The van der Waals surface area contributed by atoms with Crippen LogP contribution in [-0.4, -0.2) is 22.1 Å². The molecule has 0 saturated heterocycles. The third kappa shape index (κ3) is 3.46. The third-order valence-corrected chi connectivity index (χ3v) is 4.74. The first-order chi connectivity index (χ1) is 11.6. The summed E-state index contributed by atoms with van der Waals surface area (Å²) in [5.74, 6) is 0.00708. The molecule has 0 radical (unpaired) electrons. The number of nitrogens with two attached hydrogens (primary N) is 1. The highest BCUT2D eigenvalue weighted by atomic mass is 32.1. The number of nitrogens with zero attached hydrogens (tertiary/aromatic N) is 2. The molecule has 0 atom stereocenters. The van der Waals surface area contributed by atoms with E-state index in [1.54, 1.807) is 34.4 Å². The summed E-state index contributed by atoms with van der Waals surface area (Å²) in [4.78, 5) is 29.7. The van der Waals surface area contributed by atoms with Crippen LogP contribution in [-0.2, 0) is 17.8 Å². The number of carbonyl (C=O) groups excluding carboxylic acids is 1. The minimum absolute atomic E-state index is 0.0561. The van der Waals surface area contributed by atoms with E-state index in [9.17, 15) is 9.59 Å². The van der Waals surface area contributed by atoms with Crippen molar-refractivity contribution in [3.63, 3.8) is 0 Å². The summed E-state index contributed by atoms with van der Waals surface area (Å²) < 4.78 is 6.86. The summed E-state index contributed by atoms with van der Waals surface area (Å²) in [7, 11) is 0. The number of rotatable bonds is 6. The molecule has 0 spiro atoms. The average molecular weight is 343 g/mol. The van der Waals surface area contributed by atoms with Crippen LogP contribution in [0.4, 0.5) is 0 Å². The molecule has 1 amide bonds. The van der Waals surface area contributed by atoms with E-state index in [-0.39, 0.29) is 12.2 Å². The Balaban J connectivity index is 1.87. The summed E-state index contributed by atoms with van der Waals surface area (Å²) >= 11 is 1.55. The fraction of sp³-hybridized carbons (Fsp3) is 0.235. The molecular weight excluding hydrogens is 326 g/mol. The van der Waals surface area contributed by atoms with Gasteiger partial charge in [0.25, 0.3) is 11.5 Å². The van der Waals surface area contributed by atoms with Gasteiger partial charge in [0.2, 0.25) is 0 Å². The topological polar surface area (TPSA) is 87.2 Å². The van der Waals surface area contributed by atoms with Gasteiger partial charge in [0.05, 0.1) is 18.3 Å². The molecule has 24 heavy (non-hydrogen) atoms. The van der Waals surface area contributed by atoms with Gasteiger partial charge >= 0.3 is 0 Å². The number of thiophene rings is 1. The van der Waals surface area contributed by atoms with Gasteiger partial charge in [-0.05, 0) is 30.2 Å². The van der Waals surface area contributed by atoms with Crippen LogP contribution in [0.15, 0.2) is 41.5 Å². The second kappa shape index (κ2) is 6.84. The van der Waals surface area contributed by atoms with Gasteiger partial charge in [-0.1, -0.05) is 19.1 Å². The highest BCUT2D eigenvalue weighted by Gasteiger charge is 2.09. The molecule has 0 fully saturated rings. The number of fused-ring (bicyclic) bond motifs is 1. The van der Waals surface area contributed by atoms with E-state index in [0.717, 1.165) is 21.7 Å². The third-order valence-electron chi connectivity index (χ3n) is 3.55. The van der Waals surface area contributed by atoms with Gasteiger partial charge in [-0.25, -0.2) is 4.98 Å². The number of primary amides is 1. The summed E-state index contributed by atoms with van der Waals surface area (Å²) in [6.07, 6.45) is 2.46. The number of hydrogen-bond donors (Lipinski definition) is 1. The van der Waals surface area contributed by atoms with Gasteiger partial charge in [0.1, 0.15) is 10.6 Å². The molecule has 3 rings (SSSR count). The number of hydrogen-bond acceptors (Lipinski definition) is 5. The quantitative estimate of drug-likeness (QED) is 0.741. The van der Waals surface area contributed by atoms with Crippen molar-refractivity contribution in [1.29, 1.82) is 0 Å². The Morgan fingerprint density at radius 2 is 2.21 bits per heavy atom. The molecule has 0 unspecified atom stereocenters. The van der Waals surface area contributed by atoms with Crippen LogP contribution >= 0.6 is 11.3 Å². The second-order valence-electron chi connectivity index (χ2n) is 5.37. The highest BCUT2D eigenvalue weighted by molar-refractivity contribution is 7.18. The second-order valence-corrected chi connectivity index (χ2v) is 6.48. The minimum Gasteiger partial charge on any atom is -0.484 e. The number of ether oxygens (including phenoxy) is 1. The molecule has 0 aliphatic carbocycles. The maximum absolute atomic E-state index is 12.6. The van der Waals surface area contributed by atoms with Crippen molar-refractivity contribution >= 4 is 27.5 Å². The summed E-state index contributed by atoms with van der Waals surface area (Å²) in [5, 5.41) is 0.653. The van der Waals surface area contributed by atoms with E-state index in [4.69, 9.17) is 10.5 Å². The van der Waals surface area contributed by atoms with E-state index in [1.807, 2.05) is 18.2 Å². The predicted octanol–water partition coefficient (Wildman–Crippen LogP) is 1.93. The Bertz CT molecular complexity index is 946. The fourth-order valence-corrected chi connectivity index (χ4v) is 3.31. The molecule has 7 heteroatoms. The number of aromatic nitrogens is 2. The van der Waals surface area contributed by atoms with Crippen LogP contribution in [0.5, 0.6) is 5.75 Å². The molecular formula is C17H17N3O3S. The van der Waals surface area contributed by atoms with Crippen LogP contribution in [0.25, 0.3) is 10.2 Å². The van der Waals surface area contributed by atoms with Crippen molar-refractivity contribution in [2.75, 3.05) is 6.61 Å². The lowest BCUT2D eigenvalue weighted by Gasteiger charge is -2.08. The molecule has 124 valence electrons. The SMILES string of the molecule is CCc1cc2c(=O)n(Cc3cccc(OCC(N)=O)c3)cnc2s1. The Labute approximate surface area is 142 Å². The fourth-order valence-electron chi connectivity index (χ4n) is 2.38. The Morgan fingerprint density at radius 1 is 1.38 bits per heavy atom. The van der Waals surface area contributed by atoms with Crippen molar-refractivity contribution < 1.29 is 9.53 Å². The predicted molar refractivity (Wildman–Crippen MR) is 93.5 cm³/mol. The molecule has 3 aromatic rings. The van der Waals surface area contributed by atoms with Crippen molar-refractivity contribution in [2.24, 2.45) is 5.73 Å². The highest BCUT2D eigenvalue weighted by Crippen LogP contribution is 2.21. The Hall–Kier alpha value is -2.67. The maximum atomic E-state index is 12.6. The van der Waals surface area contributed by atoms with E-state index in [1.165, 1.54) is 0 Å². The average Bonchev–Trinajstić information content (AvgIpc) is 3.00. The van der Waals surface area contributed by atoms with E-state index in [0.29, 0.717) is 17.7 Å². The Kier molecular flexibility index (Phi) is 4.61. The van der Waals surface area contributed by atoms with E-state index < -0.39 is 5.91 Å². The molecule has 0 aliphatic rings. The first kappa shape index (κ1) is 16.2. The van der Waals surface area contributed by atoms with Crippen LogP contribution in [0.1, 0.15) is 17.4 Å². The molecule has 2 N–H and O–H groups in total. The summed E-state index contributed by atoms with van der Waals surface area (Å²) in [6, 6.07) is 9.13. The molecule has 0 aliphatic heterocycles. The molecule has 6 nitrogen and oxygen atoms in total. The van der Waals surface area contributed by atoms with Gasteiger partial charge in [-0.3, -0.25) is 14.2 Å². The van der Waals surface area contributed by atoms with Crippen LogP contribution in [0.2, 0.25) is 0 Å². The normalized spacial score (nSPS) is 10.9. The van der Waals surface area contributed by atoms with Crippen LogP contribution < -0.4 is 16.0 Å². The first-order valence-electron chi connectivity index (χ1n) is 7.54. The van der Waals surface area contributed by atoms with Gasteiger partial charge in [0.15, 0.2) is 6.61 Å². The first-order valence-corrected chi connectivity index (χ1v) is 8.36. The van der Waals surface area contributed by atoms with Crippen LogP contribution in [0, 0.1) is 0 Å². The standard InChI is InChI=1S/C17H17N3O3S/c1-2-13-7-14-16(24-13)19-10-20(17(14)22)8-11-4-3-5-12(6-11)23-9-15(18)21/h3-7,10H,2,8-9H2,1H3,(H2,18,21). The molecule has 2 aromatic heterocycles.